The summed E-state index contributed by atoms with van der Waals surface area (Å²) < 4.78 is 36.3. The lowest BCUT2D eigenvalue weighted by molar-refractivity contribution is 0.402. The Bertz CT molecular complexity index is 562. The summed E-state index contributed by atoms with van der Waals surface area (Å²) >= 11 is 6.05. The van der Waals surface area contributed by atoms with Gasteiger partial charge in [-0.2, -0.15) is 0 Å². The number of nitrogens with one attached hydrogen (secondary N) is 1. The highest BCUT2D eigenvalue weighted by molar-refractivity contribution is 7.91. The van der Waals surface area contributed by atoms with Gasteiger partial charge in [0.15, 0.2) is 9.84 Å². The highest BCUT2D eigenvalue weighted by Gasteiger charge is 2.33. The van der Waals surface area contributed by atoms with Crippen LogP contribution in [0.4, 0.5) is 4.39 Å². The van der Waals surface area contributed by atoms with E-state index in [1.165, 1.54) is 18.2 Å². The molecule has 2 unspecified atom stereocenters. The second-order valence-electron chi connectivity index (χ2n) is 5.00. The van der Waals surface area contributed by atoms with Crippen LogP contribution < -0.4 is 5.32 Å². The molecule has 0 amide bonds. The van der Waals surface area contributed by atoms with Crippen molar-refractivity contribution in [2.75, 3.05) is 18.6 Å². The van der Waals surface area contributed by atoms with Gasteiger partial charge in [0.1, 0.15) is 5.82 Å². The molecule has 0 saturated carbocycles. The van der Waals surface area contributed by atoms with E-state index in [9.17, 15) is 12.8 Å². The van der Waals surface area contributed by atoms with E-state index in [1.807, 2.05) is 0 Å². The van der Waals surface area contributed by atoms with Gasteiger partial charge in [-0.15, -0.1) is 0 Å². The Morgan fingerprint density at radius 2 is 2.26 bits per heavy atom. The van der Waals surface area contributed by atoms with Crippen LogP contribution in [0.15, 0.2) is 18.2 Å². The van der Waals surface area contributed by atoms with Crippen molar-refractivity contribution in [2.45, 2.75) is 18.9 Å². The van der Waals surface area contributed by atoms with Crippen LogP contribution in [0.5, 0.6) is 0 Å². The number of halogens is 2. The van der Waals surface area contributed by atoms with Gasteiger partial charge in [0.05, 0.1) is 11.5 Å². The fraction of sp³-hybridized carbons (Fsp3) is 0.538. The zero-order chi connectivity index (χ0) is 14.0. The van der Waals surface area contributed by atoms with Crippen molar-refractivity contribution in [3.05, 3.63) is 34.6 Å². The molecule has 0 bridgehead atoms. The molecular weight excluding hydrogens is 289 g/mol. The van der Waals surface area contributed by atoms with Crippen molar-refractivity contribution in [3.8, 4) is 0 Å². The third-order valence-corrected chi connectivity index (χ3v) is 5.82. The topological polar surface area (TPSA) is 46.2 Å². The van der Waals surface area contributed by atoms with E-state index in [-0.39, 0.29) is 29.3 Å². The number of likely N-dealkylation sites (N-methyl/N-ethyl adjacent to an activating group) is 1. The van der Waals surface area contributed by atoms with Gasteiger partial charge in [-0.3, -0.25) is 0 Å². The number of hydrogen-bond acceptors (Lipinski definition) is 3. The maximum absolute atomic E-state index is 13.2. The number of benzene rings is 1. The molecule has 1 aromatic rings. The molecular formula is C13H17ClFNO2S. The molecule has 1 fully saturated rings. The molecule has 0 radical (unpaired) electrons. The molecule has 1 aliphatic rings. The third-order valence-electron chi connectivity index (χ3n) is 3.66. The van der Waals surface area contributed by atoms with Crippen LogP contribution in [0.1, 0.15) is 12.0 Å². The molecule has 0 aliphatic carbocycles. The Balaban J connectivity index is 2.13. The van der Waals surface area contributed by atoms with Crippen LogP contribution in [-0.4, -0.2) is 33.0 Å². The highest BCUT2D eigenvalue weighted by Crippen LogP contribution is 2.26. The normalized spacial score (nSPS) is 23.4. The van der Waals surface area contributed by atoms with E-state index in [4.69, 9.17) is 11.6 Å². The van der Waals surface area contributed by atoms with Gasteiger partial charge in [-0.25, -0.2) is 12.8 Å². The molecule has 1 heterocycles. The summed E-state index contributed by atoms with van der Waals surface area (Å²) in [5, 5.41) is 3.65. The predicted octanol–water partition coefficient (Wildman–Crippen LogP) is 2.04. The molecule has 106 valence electrons. The fourth-order valence-electron chi connectivity index (χ4n) is 2.58. The van der Waals surface area contributed by atoms with E-state index in [0.717, 1.165) is 0 Å². The molecule has 2 atom stereocenters. The molecule has 0 aromatic heterocycles. The Labute approximate surface area is 118 Å². The summed E-state index contributed by atoms with van der Waals surface area (Å²) in [4.78, 5) is 0. The summed E-state index contributed by atoms with van der Waals surface area (Å²) in [5.74, 6) is 0.181. The van der Waals surface area contributed by atoms with E-state index in [1.54, 1.807) is 7.05 Å². The van der Waals surface area contributed by atoms with E-state index in [0.29, 0.717) is 23.4 Å². The first-order valence-corrected chi connectivity index (χ1v) is 8.43. The molecule has 1 N–H and O–H groups in total. The summed E-state index contributed by atoms with van der Waals surface area (Å²) in [6.45, 7) is 0. The van der Waals surface area contributed by atoms with Gasteiger partial charge in [0.2, 0.25) is 0 Å². The van der Waals surface area contributed by atoms with E-state index < -0.39 is 9.84 Å². The van der Waals surface area contributed by atoms with Gasteiger partial charge in [0, 0.05) is 11.1 Å². The van der Waals surface area contributed by atoms with Crippen molar-refractivity contribution in [1.29, 1.82) is 0 Å². The lowest BCUT2D eigenvalue weighted by atomic mass is 9.93. The van der Waals surface area contributed by atoms with Gasteiger partial charge in [-0.1, -0.05) is 11.6 Å². The maximum atomic E-state index is 13.2. The van der Waals surface area contributed by atoms with Crippen LogP contribution in [0.25, 0.3) is 0 Å². The molecule has 19 heavy (non-hydrogen) atoms. The van der Waals surface area contributed by atoms with Gasteiger partial charge in [0.25, 0.3) is 0 Å². The lowest BCUT2D eigenvalue weighted by Crippen LogP contribution is -2.36. The summed E-state index contributed by atoms with van der Waals surface area (Å²) in [7, 11) is -1.11. The van der Waals surface area contributed by atoms with E-state index in [2.05, 4.69) is 5.32 Å². The average Bonchev–Trinajstić information content (AvgIpc) is 2.70. The quantitative estimate of drug-likeness (QED) is 0.926. The monoisotopic (exact) mass is 305 g/mol. The Morgan fingerprint density at radius 3 is 2.84 bits per heavy atom. The summed E-state index contributed by atoms with van der Waals surface area (Å²) in [6, 6.07) is 4.26. The zero-order valence-electron chi connectivity index (χ0n) is 10.7. The van der Waals surface area contributed by atoms with E-state index >= 15 is 0 Å². The largest absolute Gasteiger partial charge is 0.316 e. The minimum atomic E-state index is -2.91. The predicted molar refractivity (Wildman–Crippen MR) is 74.7 cm³/mol. The van der Waals surface area contributed by atoms with Crippen LogP contribution in [0.2, 0.25) is 5.02 Å². The number of rotatable bonds is 4. The first-order chi connectivity index (χ1) is 8.91. The first-order valence-electron chi connectivity index (χ1n) is 6.23. The molecule has 1 aliphatic heterocycles. The molecule has 1 aromatic carbocycles. The fourth-order valence-corrected chi connectivity index (χ4v) is 4.66. The Morgan fingerprint density at radius 1 is 1.53 bits per heavy atom. The maximum Gasteiger partial charge on any atom is 0.150 e. The zero-order valence-corrected chi connectivity index (χ0v) is 12.3. The van der Waals surface area contributed by atoms with Crippen molar-refractivity contribution in [3.63, 3.8) is 0 Å². The standard InChI is InChI=1S/C13H17ClFNO2S/c1-16-13(9-4-5-19(17,18)8-9)7-10-6-11(15)2-3-12(10)14/h2-3,6,9,13,16H,4-5,7-8H2,1H3. The van der Waals surface area contributed by atoms with Gasteiger partial charge in [-0.05, 0) is 49.6 Å². The molecule has 3 nitrogen and oxygen atoms in total. The summed E-state index contributed by atoms with van der Waals surface area (Å²) in [6.07, 6.45) is 1.19. The minimum Gasteiger partial charge on any atom is -0.316 e. The third kappa shape index (κ3) is 3.68. The first kappa shape index (κ1) is 14.8. The number of hydrogen-bond donors (Lipinski definition) is 1. The second kappa shape index (κ2) is 5.77. The molecule has 6 heteroatoms. The highest BCUT2D eigenvalue weighted by atomic mass is 35.5. The minimum absolute atomic E-state index is 0.00317. The number of sulfone groups is 1. The van der Waals surface area contributed by atoms with Crippen LogP contribution in [0, 0.1) is 11.7 Å². The van der Waals surface area contributed by atoms with Crippen molar-refractivity contribution in [1.82, 2.24) is 5.32 Å². The van der Waals surface area contributed by atoms with Crippen molar-refractivity contribution in [2.24, 2.45) is 5.92 Å². The van der Waals surface area contributed by atoms with Gasteiger partial charge < -0.3 is 5.32 Å². The molecule has 1 saturated heterocycles. The smallest absolute Gasteiger partial charge is 0.150 e. The molecule has 0 spiro atoms. The van der Waals surface area contributed by atoms with Crippen LogP contribution in [-0.2, 0) is 16.3 Å². The Hall–Kier alpha value is -0.650. The summed E-state index contributed by atoms with van der Waals surface area (Å²) in [5.41, 5.74) is 0.713. The molecule has 2 rings (SSSR count). The SMILES string of the molecule is CNC(Cc1cc(F)ccc1Cl)C1CCS(=O)(=O)C1. The lowest BCUT2D eigenvalue weighted by Gasteiger charge is -2.22. The van der Waals surface area contributed by atoms with Crippen LogP contribution in [0.3, 0.4) is 0 Å². The Kier molecular flexibility index (Phi) is 4.48. The average molecular weight is 306 g/mol. The van der Waals surface area contributed by atoms with Gasteiger partial charge >= 0.3 is 0 Å². The van der Waals surface area contributed by atoms with Crippen LogP contribution >= 0.6 is 11.6 Å². The second-order valence-corrected chi connectivity index (χ2v) is 7.63. The van der Waals surface area contributed by atoms with Crippen molar-refractivity contribution < 1.29 is 12.8 Å². The van der Waals surface area contributed by atoms with Crippen molar-refractivity contribution >= 4 is 21.4 Å².